The van der Waals surface area contributed by atoms with Gasteiger partial charge in [-0.1, -0.05) is 19.3 Å². The van der Waals surface area contributed by atoms with E-state index in [-0.39, 0.29) is 32.0 Å². The zero-order valence-electron chi connectivity index (χ0n) is 18.8. The van der Waals surface area contributed by atoms with Crippen LogP contribution in [0.15, 0.2) is 48.5 Å². The third-order valence-electron chi connectivity index (χ3n) is 4.44. The van der Waals surface area contributed by atoms with E-state index in [9.17, 15) is 19.5 Å². The van der Waals surface area contributed by atoms with E-state index in [1.54, 1.807) is 36.4 Å². The first kappa shape index (κ1) is 29.4. The number of hydrogen-bond donors (Lipinski definition) is 6. The number of amides is 3. The highest BCUT2D eigenvalue weighted by molar-refractivity contribution is 5.97. The standard InChI is InChI=1S/C25H23N5O5.CH4/c1-17(31)23(25(34)30-35)29-24(33)20-10-6-18(7-11-20)4-2-3-5-19-8-12-21(13-9-19)28-22(32)16-27-15-14-26;/h6-13,17,23,27,31,35H,15-16H2,1H3,(H,28,32)(H,29,33)(H,30,34);1H4/t17-,23+;/m1./s1. The van der Waals surface area contributed by atoms with E-state index in [1.807, 2.05) is 6.07 Å². The Morgan fingerprint density at radius 2 is 1.53 bits per heavy atom. The summed E-state index contributed by atoms with van der Waals surface area (Å²) < 4.78 is 0. The lowest BCUT2D eigenvalue weighted by atomic mass is 10.1. The number of hydrogen-bond acceptors (Lipinski definition) is 7. The predicted octanol–water partition coefficient (Wildman–Crippen LogP) is 0.762. The zero-order chi connectivity index (χ0) is 25.6. The average molecular weight is 490 g/mol. The number of rotatable bonds is 8. The minimum absolute atomic E-state index is 0. The minimum Gasteiger partial charge on any atom is -0.391 e. The van der Waals surface area contributed by atoms with Crippen LogP contribution in [-0.4, -0.2) is 53.3 Å². The Kier molecular flexibility index (Phi) is 12.5. The molecule has 0 aliphatic rings. The van der Waals surface area contributed by atoms with E-state index in [0.29, 0.717) is 16.8 Å². The molecule has 0 radical (unpaired) electrons. The molecule has 2 aromatic rings. The molecule has 0 saturated carbocycles. The van der Waals surface area contributed by atoms with Crippen molar-refractivity contribution in [2.75, 3.05) is 18.4 Å². The second-order valence-electron chi connectivity index (χ2n) is 7.13. The smallest absolute Gasteiger partial charge is 0.268 e. The van der Waals surface area contributed by atoms with Crippen LogP contribution >= 0.6 is 0 Å². The monoisotopic (exact) mass is 489 g/mol. The van der Waals surface area contributed by atoms with Crippen molar-refractivity contribution in [1.82, 2.24) is 16.1 Å². The van der Waals surface area contributed by atoms with Crippen molar-refractivity contribution in [3.8, 4) is 29.8 Å². The third kappa shape index (κ3) is 9.68. The highest BCUT2D eigenvalue weighted by atomic mass is 16.5. The van der Waals surface area contributed by atoms with Crippen LogP contribution in [0.1, 0.15) is 35.8 Å². The fourth-order valence-electron chi connectivity index (χ4n) is 2.69. The summed E-state index contributed by atoms with van der Waals surface area (Å²) in [4.78, 5) is 35.5. The number of carbonyl (C=O) groups excluding carboxylic acids is 3. The van der Waals surface area contributed by atoms with Gasteiger partial charge in [0.25, 0.3) is 11.8 Å². The quantitative estimate of drug-likeness (QED) is 0.105. The van der Waals surface area contributed by atoms with Gasteiger partial charge in [0.15, 0.2) is 0 Å². The number of hydroxylamine groups is 1. The van der Waals surface area contributed by atoms with Gasteiger partial charge in [0.2, 0.25) is 5.91 Å². The Balaban J connectivity index is 0.00000648. The van der Waals surface area contributed by atoms with Gasteiger partial charge in [0.1, 0.15) is 6.04 Å². The molecule has 0 bridgehead atoms. The molecule has 10 heteroatoms. The Bertz CT molecular complexity index is 1210. The normalized spacial score (nSPS) is 10.9. The molecule has 0 spiro atoms. The van der Waals surface area contributed by atoms with Crippen LogP contribution in [0.25, 0.3) is 0 Å². The van der Waals surface area contributed by atoms with Crippen LogP contribution in [0.5, 0.6) is 0 Å². The van der Waals surface area contributed by atoms with E-state index in [1.165, 1.54) is 24.5 Å². The average Bonchev–Trinajstić information content (AvgIpc) is 2.86. The molecule has 6 N–H and O–H groups in total. The molecule has 186 valence electrons. The van der Waals surface area contributed by atoms with Gasteiger partial charge in [-0.2, -0.15) is 5.26 Å². The van der Waals surface area contributed by atoms with Crippen molar-refractivity contribution in [3.05, 3.63) is 65.2 Å². The van der Waals surface area contributed by atoms with Crippen molar-refractivity contribution in [2.45, 2.75) is 26.5 Å². The molecule has 0 fully saturated rings. The largest absolute Gasteiger partial charge is 0.391 e. The Hall–Kier alpha value is -4.66. The van der Waals surface area contributed by atoms with Crippen LogP contribution in [0.2, 0.25) is 0 Å². The fraction of sp³-hybridized carbons (Fsp3) is 0.231. The highest BCUT2D eigenvalue weighted by Gasteiger charge is 2.25. The molecule has 0 saturated heterocycles. The molecule has 0 aliphatic carbocycles. The van der Waals surface area contributed by atoms with E-state index in [0.717, 1.165) is 0 Å². The van der Waals surface area contributed by atoms with Crippen LogP contribution in [-0.2, 0) is 9.59 Å². The van der Waals surface area contributed by atoms with E-state index in [4.69, 9.17) is 10.5 Å². The van der Waals surface area contributed by atoms with Gasteiger partial charge in [-0.25, -0.2) is 5.48 Å². The molecule has 2 rings (SSSR count). The van der Waals surface area contributed by atoms with Crippen molar-refractivity contribution in [3.63, 3.8) is 0 Å². The summed E-state index contributed by atoms with van der Waals surface area (Å²) in [6.45, 7) is 1.45. The Labute approximate surface area is 209 Å². The van der Waals surface area contributed by atoms with E-state index >= 15 is 0 Å². The lowest BCUT2D eigenvalue weighted by Crippen LogP contribution is -2.51. The number of nitrogens with one attached hydrogen (secondary N) is 4. The predicted molar refractivity (Wildman–Crippen MR) is 133 cm³/mol. The van der Waals surface area contributed by atoms with Crippen LogP contribution < -0.4 is 21.4 Å². The first-order valence-corrected chi connectivity index (χ1v) is 10.4. The Morgan fingerprint density at radius 3 is 2.03 bits per heavy atom. The number of aliphatic hydroxyl groups is 1. The van der Waals surface area contributed by atoms with E-state index < -0.39 is 24.0 Å². The van der Waals surface area contributed by atoms with Crippen LogP contribution in [0.4, 0.5) is 5.69 Å². The van der Waals surface area contributed by atoms with Gasteiger partial charge in [-0.15, -0.1) is 0 Å². The molecule has 36 heavy (non-hydrogen) atoms. The number of carbonyl (C=O) groups is 3. The van der Waals surface area contributed by atoms with Gasteiger partial charge in [0, 0.05) is 22.4 Å². The summed E-state index contributed by atoms with van der Waals surface area (Å²) in [6.07, 6.45) is -1.21. The van der Waals surface area contributed by atoms with Gasteiger partial charge < -0.3 is 15.7 Å². The number of anilines is 1. The van der Waals surface area contributed by atoms with Gasteiger partial charge >= 0.3 is 0 Å². The fourth-order valence-corrected chi connectivity index (χ4v) is 2.69. The van der Waals surface area contributed by atoms with Gasteiger partial charge in [0.05, 0.1) is 25.3 Å². The maximum Gasteiger partial charge on any atom is 0.268 e. The van der Waals surface area contributed by atoms with Crippen molar-refractivity contribution >= 4 is 23.4 Å². The highest BCUT2D eigenvalue weighted by Crippen LogP contribution is 2.08. The van der Waals surface area contributed by atoms with Crippen molar-refractivity contribution in [2.24, 2.45) is 0 Å². The van der Waals surface area contributed by atoms with Crippen molar-refractivity contribution in [1.29, 1.82) is 5.26 Å². The zero-order valence-corrected chi connectivity index (χ0v) is 18.8. The molecule has 3 amide bonds. The molecule has 10 nitrogen and oxygen atoms in total. The second kappa shape index (κ2) is 15.3. The van der Waals surface area contributed by atoms with Crippen molar-refractivity contribution < 1.29 is 24.7 Å². The third-order valence-corrected chi connectivity index (χ3v) is 4.44. The SMILES string of the molecule is C.C[C@@H](O)[C@H](NC(=O)c1ccc(C#CC#Cc2ccc(NC(=O)CNCC#N)cc2)cc1)C(=O)NO. The molecular weight excluding hydrogens is 462 g/mol. The molecule has 0 aliphatic heterocycles. The lowest BCUT2D eigenvalue weighted by Gasteiger charge is -2.19. The number of benzene rings is 2. The summed E-state index contributed by atoms with van der Waals surface area (Å²) >= 11 is 0. The van der Waals surface area contributed by atoms with E-state index in [2.05, 4.69) is 39.6 Å². The number of nitrogens with zero attached hydrogens (tertiary/aromatic N) is 1. The summed E-state index contributed by atoms with van der Waals surface area (Å²) in [5, 5.41) is 34.5. The van der Waals surface area contributed by atoms with Gasteiger partial charge in [-0.3, -0.25) is 24.9 Å². The molecule has 2 aromatic carbocycles. The summed E-state index contributed by atoms with van der Waals surface area (Å²) in [5.74, 6) is 9.38. The van der Waals surface area contributed by atoms with Crippen LogP contribution in [0, 0.1) is 35.0 Å². The minimum atomic E-state index is -1.31. The topological polar surface area (TPSA) is 164 Å². The Morgan fingerprint density at radius 1 is 0.972 bits per heavy atom. The molecule has 2 atom stereocenters. The van der Waals surface area contributed by atoms with Gasteiger partial charge in [-0.05, 0) is 67.3 Å². The molecular formula is C26H27N5O5. The first-order valence-electron chi connectivity index (χ1n) is 10.4. The van der Waals surface area contributed by atoms with Crippen LogP contribution in [0.3, 0.4) is 0 Å². The molecule has 0 aromatic heterocycles. The summed E-state index contributed by atoms with van der Waals surface area (Å²) in [5.41, 5.74) is 3.55. The number of nitriles is 1. The molecule has 0 heterocycles. The lowest BCUT2D eigenvalue weighted by molar-refractivity contribution is -0.133. The summed E-state index contributed by atoms with van der Waals surface area (Å²) in [7, 11) is 0. The number of aliphatic hydroxyl groups excluding tert-OH is 1. The molecule has 0 unspecified atom stereocenters. The summed E-state index contributed by atoms with van der Waals surface area (Å²) in [6, 6.07) is 13.7. The maximum absolute atomic E-state index is 12.3. The second-order valence-corrected chi connectivity index (χ2v) is 7.13. The maximum atomic E-state index is 12.3. The first-order chi connectivity index (χ1) is 16.8.